The van der Waals surface area contributed by atoms with Crippen LogP contribution in [-0.2, 0) is 4.79 Å². The van der Waals surface area contributed by atoms with Crippen LogP contribution in [-0.4, -0.2) is 19.5 Å². The van der Waals surface area contributed by atoms with Crippen molar-refractivity contribution in [2.24, 2.45) is 0 Å². The van der Waals surface area contributed by atoms with E-state index < -0.39 is 0 Å². The Morgan fingerprint density at radius 3 is 2.87 bits per heavy atom. The van der Waals surface area contributed by atoms with Crippen LogP contribution in [0.4, 0.5) is 5.69 Å². The lowest BCUT2D eigenvalue weighted by molar-refractivity contribution is -0.119. The first-order valence-electron chi connectivity index (χ1n) is 4.97. The van der Waals surface area contributed by atoms with Gasteiger partial charge in [-0.15, -0.1) is 0 Å². The zero-order valence-electron chi connectivity index (χ0n) is 8.75. The lowest BCUT2D eigenvalue weighted by Gasteiger charge is -2.14. The average molecular weight is 225 g/mol. The van der Waals surface area contributed by atoms with Crippen LogP contribution >= 0.6 is 11.6 Å². The standard InChI is InChI=1S/C11H13ClN2O/c1-3-14-8-6-4-5-7(12)9(8)10(13-2)11(14)15/h4-6,10,13H,3H2,1-2H3. The lowest BCUT2D eigenvalue weighted by atomic mass is 10.1. The molecule has 3 nitrogen and oxygen atoms in total. The Morgan fingerprint density at radius 2 is 2.27 bits per heavy atom. The van der Waals surface area contributed by atoms with Crippen molar-refractivity contribution in [1.82, 2.24) is 5.32 Å². The predicted molar refractivity (Wildman–Crippen MR) is 61.3 cm³/mol. The van der Waals surface area contributed by atoms with Gasteiger partial charge in [0.15, 0.2) is 0 Å². The lowest BCUT2D eigenvalue weighted by Crippen LogP contribution is -2.32. The zero-order chi connectivity index (χ0) is 11.0. The van der Waals surface area contributed by atoms with Crippen molar-refractivity contribution in [2.45, 2.75) is 13.0 Å². The van der Waals surface area contributed by atoms with Crippen LogP contribution in [0, 0.1) is 0 Å². The number of carbonyl (C=O) groups is 1. The van der Waals surface area contributed by atoms with Crippen LogP contribution in [0.25, 0.3) is 0 Å². The molecule has 0 fully saturated rings. The van der Waals surface area contributed by atoms with E-state index >= 15 is 0 Å². The maximum Gasteiger partial charge on any atom is 0.248 e. The van der Waals surface area contributed by atoms with Crippen molar-refractivity contribution in [3.8, 4) is 0 Å². The van der Waals surface area contributed by atoms with E-state index in [1.165, 1.54) is 0 Å². The summed E-state index contributed by atoms with van der Waals surface area (Å²) >= 11 is 6.11. The number of halogens is 1. The van der Waals surface area contributed by atoms with Gasteiger partial charge in [0.05, 0.1) is 5.69 Å². The Hall–Kier alpha value is -1.06. The Labute approximate surface area is 94.0 Å². The second-order valence-corrected chi connectivity index (χ2v) is 3.88. The van der Waals surface area contributed by atoms with Gasteiger partial charge in [-0.3, -0.25) is 4.79 Å². The fourth-order valence-electron chi connectivity index (χ4n) is 2.04. The number of fused-ring (bicyclic) bond motifs is 1. The molecule has 1 aromatic rings. The van der Waals surface area contributed by atoms with E-state index in [-0.39, 0.29) is 11.9 Å². The van der Waals surface area contributed by atoms with Crippen molar-refractivity contribution in [2.75, 3.05) is 18.5 Å². The number of hydrogen-bond donors (Lipinski definition) is 1. The molecule has 0 spiro atoms. The van der Waals surface area contributed by atoms with Crippen LogP contribution in [0.15, 0.2) is 18.2 Å². The van der Waals surface area contributed by atoms with E-state index in [1.807, 2.05) is 25.1 Å². The molecular weight excluding hydrogens is 212 g/mol. The SMILES string of the molecule is CCN1C(=O)C(NC)c2c(Cl)cccc21. The monoisotopic (exact) mass is 224 g/mol. The summed E-state index contributed by atoms with van der Waals surface area (Å²) in [5, 5.41) is 3.65. The van der Waals surface area contributed by atoms with Gasteiger partial charge in [-0.25, -0.2) is 0 Å². The third kappa shape index (κ3) is 1.43. The van der Waals surface area contributed by atoms with E-state index in [4.69, 9.17) is 11.6 Å². The average Bonchev–Trinajstić information content (AvgIpc) is 2.51. The molecule has 0 saturated heterocycles. The third-order valence-corrected chi connectivity index (χ3v) is 3.06. The molecule has 15 heavy (non-hydrogen) atoms. The van der Waals surface area contributed by atoms with Gasteiger partial charge in [0.1, 0.15) is 6.04 Å². The number of hydrogen-bond acceptors (Lipinski definition) is 2. The van der Waals surface area contributed by atoms with Crippen molar-refractivity contribution in [1.29, 1.82) is 0 Å². The van der Waals surface area contributed by atoms with E-state index in [0.717, 1.165) is 11.3 Å². The van der Waals surface area contributed by atoms with Crippen LogP contribution < -0.4 is 10.2 Å². The molecule has 1 amide bonds. The molecule has 1 atom stereocenters. The number of nitrogens with one attached hydrogen (secondary N) is 1. The van der Waals surface area contributed by atoms with Crippen LogP contribution in [0.2, 0.25) is 5.02 Å². The molecule has 80 valence electrons. The first kappa shape index (κ1) is 10.5. The molecule has 0 radical (unpaired) electrons. The molecule has 1 aliphatic rings. The fourth-order valence-corrected chi connectivity index (χ4v) is 2.32. The Kier molecular flexibility index (Phi) is 2.67. The van der Waals surface area contributed by atoms with Gasteiger partial charge >= 0.3 is 0 Å². The first-order chi connectivity index (χ1) is 7.20. The normalized spacial score (nSPS) is 19.5. The van der Waals surface area contributed by atoms with Crippen molar-refractivity contribution >= 4 is 23.2 Å². The van der Waals surface area contributed by atoms with Gasteiger partial charge in [0.2, 0.25) is 5.91 Å². The summed E-state index contributed by atoms with van der Waals surface area (Å²) in [7, 11) is 1.77. The van der Waals surface area contributed by atoms with Crippen molar-refractivity contribution in [3.63, 3.8) is 0 Å². The van der Waals surface area contributed by atoms with Gasteiger partial charge in [0, 0.05) is 17.1 Å². The first-order valence-corrected chi connectivity index (χ1v) is 5.35. The molecular formula is C11H13ClN2O. The summed E-state index contributed by atoms with van der Waals surface area (Å²) in [6.45, 7) is 2.63. The Morgan fingerprint density at radius 1 is 1.53 bits per heavy atom. The highest BCUT2D eigenvalue weighted by molar-refractivity contribution is 6.32. The molecule has 0 aliphatic carbocycles. The minimum atomic E-state index is -0.298. The molecule has 2 rings (SSSR count). The summed E-state index contributed by atoms with van der Waals surface area (Å²) in [6.07, 6.45) is 0. The molecule has 0 bridgehead atoms. The zero-order valence-corrected chi connectivity index (χ0v) is 9.51. The fraction of sp³-hybridized carbons (Fsp3) is 0.364. The highest BCUT2D eigenvalue weighted by atomic mass is 35.5. The topological polar surface area (TPSA) is 32.3 Å². The summed E-state index contributed by atoms with van der Waals surface area (Å²) in [5.74, 6) is 0.0723. The largest absolute Gasteiger partial charge is 0.311 e. The van der Waals surface area contributed by atoms with Crippen molar-refractivity contribution < 1.29 is 4.79 Å². The maximum absolute atomic E-state index is 12.0. The van der Waals surface area contributed by atoms with E-state index in [2.05, 4.69) is 5.32 Å². The molecule has 1 aliphatic heterocycles. The van der Waals surface area contributed by atoms with Gasteiger partial charge < -0.3 is 10.2 Å². The highest BCUT2D eigenvalue weighted by Crippen LogP contribution is 2.39. The summed E-state index contributed by atoms with van der Waals surface area (Å²) in [5.41, 5.74) is 1.82. The van der Waals surface area contributed by atoms with Gasteiger partial charge in [-0.1, -0.05) is 17.7 Å². The van der Waals surface area contributed by atoms with E-state index in [0.29, 0.717) is 11.6 Å². The Bertz CT molecular complexity index is 406. The number of rotatable bonds is 2. The summed E-state index contributed by atoms with van der Waals surface area (Å²) < 4.78 is 0. The second kappa shape index (κ2) is 3.83. The maximum atomic E-state index is 12.0. The van der Waals surface area contributed by atoms with E-state index in [1.54, 1.807) is 11.9 Å². The van der Waals surface area contributed by atoms with Crippen LogP contribution in [0.5, 0.6) is 0 Å². The van der Waals surface area contributed by atoms with Crippen LogP contribution in [0.3, 0.4) is 0 Å². The molecule has 1 N–H and O–H groups in total. The van der Waals surface area contributed by atoms with Gasteiger partial charge in [-0.2, -0.15) is 0 Å². The third-order valence-electron chi connectivity index (χ3n) is 2.73. The smallest absolute Gasteiger partial charge is 0.248 e. The summed E-state index contributed by atoms with van der Waals surface area (Å²) in [4.78, 5) is 13.7. The number of nitrogens with zero attached hydrogens (tertiary/aromatic N) is 1. The summed E-state index contributed by atoms with van der Waals surface area (Å²) in [6, 6.07) is 5.32. The highest BCUT2D eigenvalue weighted by Gasteiger charge is 2.36. The van der Waals surface area contributed by atoms with Crippen LogP contribution in [0.1, 0.15) is 18.5 Å². The molecule has 1 aromatic carbocycles. The second-order valence-electron chi connectivity index (χ2n) is 3.48. The van der Waals surface area contributed by atoms with Gasteiger partial charge in [0.25, 0.3) is 0 Å². The number of amides is 1. The Balaban J connectivity index is 2.58. The molecule has 1 heterocycles. The molecule has 4 heteroatoms. The predicted octanol–water partition coefficient (Wildman–Crippen LogP) is 1.97. The van der Waals surface area contributed by atoms with E-state index in [9.17, 15) is 4.79 Å². The number of benzene rings is 1. The number of likely N-dealkylation sites (N-methyl/N-ethyl adjacent to an activating group) is 2. The number of carbonyl (C=O) groups excluding carboxylic acids is 1. The van der Waals surface area contributed by atoms with Crippen molar-refractivity contribution in [3.05, 3.63) is 28.8 Å². The molecule has 0 aromatic heterocycles. The number of anilines is 1. The molecule has 1 unspecified atom stereocenters. The quantitative estimate of drug-likeness (QED) is 0.833. The molecule has 0 saturated carbocycles. The minimum Gasteiger partial charge on any atom is -0.311 e. The van der Waals surface area contributed by atoms with Gasteiger partial charge in [-0.05, 0) is 26.1 Å². The minimum absolute atomic E-state index is 0.0723.